The predicted molar refractivity (Wildman–Crippen MR) is 95.1 cm³/mol. The van der Waals surface area contributed by atoms with Crippen molar-refractivity contribution in [2.45, 2.75) is 11.8 Å². The monoisotopic (exact) mass is 351 g/mol. The maximum atomic E-state index is 12.2. The van der Waals surface area contributed by atoms with E-state index in [9.17, 15) is 4.79 Å². The standard InChI is InChI=1S/C17H18ClNO3S/c1-11-8-14(21-2)15(22-3)9-13(11)19-17(20)10-23-16-7-5-4-6-12(16)18/h4-9H,10H2,1-3H3,(H,19,20). The van der Waals surface area contributed by atoms with E-state index >= 15 is 0 Å². The third-order valence-corrected chi connectivity index (χ3v) is 4.72. The molecule has 0 spiro atoms. The molecule has 0 unspecified atom stereocenters. The Bertz CT molecular complexity index is 706. The molecular weight excluding hydrogens is 334 g/mol. The maximum Gasteiger partial charge on any atom is 0.234 e. The second kappa shape index (κ2) is 8.13. The van der Waals surface area contributed by atoms with Crippen LogP contribution in [0.3, 0.4) is 0 Å². The van der Waals surface area contributed by atoms with Crippen molar-refractivity contribution in [1.82, 2.24) is 0 Å². The molecule has 2 aromatic carbocycles. The van der Waals surface area contributed by atoms with Gasteiger partial charge in [-0.25, -0.2) is 0 Å². The molecule has 0 bridgehead atoms. The molecule has 1 amide bonds. The molecule has 0 heterocycles. The molecule has 0 aromatic heterocycles. The second-order valence-corrected chi connectivity index (χ2v) is 6.21. The molecule has 0 aliphatic rings. The maximum absolute atomic E-state index is 12.2. The second-order valence-electron chi connectivity index (χ2n) is 4.79. The van der Waals surface area contributed by atoms with Crippen LogP contribution in [0.1, 0.15) is 5.56 Å². The fourth-order valence-electron chi connectivity index (χ4n) is 2.01. The molecule has 4 nitrogen and oxygen atoms in total. The molecule has 2 aromatic rings. The number of halogens is 1. The highest BCUT2D eigenvalue weighted by atomic mass is 35.5. The Hall–Kier alpha value is -1.85. The Morgan fingerprint density at radius 1 is 1.17 bits per heavy atom. The average molecular weight is 352 g/mol. The first-order chi connectivity index (χ1) is 11.0. The number of rotatable bonds is 6. The first-order valence-electron chi connectivity index (χ1n) is 6.95. The molecule has 122 valence electrons. The zero-order chi connectivity index (χ0) is 16.8. The Kier molecular flexibility index (Phi) is 6.19. The number of anilines is 1. The number of nitrogens with one attached hydrogen (secondary N) is 1. The summed E-state index contributed by atoms with van der Waals surface area (Å²) in [5.41, 5.74) is 1.60. The molecular formula is C17H18ClNO3S. The molecule has 0 saturated carbocycles. The van der Waals surface area contributed by atoms with E-state index < -0.39 is 0 Å². The van der Waals surface area contributed by atoms with E-state index in [1.807, 2.05) is 31.2 Å². The van der Waals surface area contributed by atoms with Gasteiger partial charge in [0.05, 0.1) is 25.0 Å². The van der Waals surface area contributed by atoms with Gasteiger partial charge in [-0.1, -0.05) is 23.7 Å². The normalized spacial score (nSPS) is 10.3. The highest BCUT2D eigenvalue weighted by Crippen LogP contribution is 2.33. The molecule has 23 heavy (non-hydrogen) atoms. The average Bonchev–Trinajstić information content (AvgIpc) is 2.55. The minimum atomic E-state index is -0.106. The van der Waals surface area contributed by atoms with Crippen molar-refractivity contribution in [3.05, 3.63) is 47.0 Å². The summed E-state index contributed by atoms with van der Waals surface area (Å²) in [5.74, 6) is 1.38. The Morgan fingerprint density at radius 2 is 1.83 bits per heavy atom. The highest BCUT2D eigenvalue weighted by molar-refractivity contribution is 8.00. The third kappa shape index (κ3) is 4.56. The van der Waals surface area contributed by atoms with Gasteiger partial charge >= 0.3 is 0 Å². The van der Waals surface area contributed by atoms with Crippen LogP contribution in [-0.4, -0.2) is 25.9 Å². The van der Waals surface area contributed by atoms with Crippen molar-refractivity contribution in [2.75, 3.05) is 25.3 Å². The number of benzene rings is 2. The van der Waals surface area contributed by atoms with Crippen LogP contribution < -0.4 is 14.8 Å². The topological polar surface area (TPSA) is 47.6 Å². The molecule has 2 rings (SSSR count). The Labute approximate surface area is 145 Å². The SMILES string of the molecule is COc1cc(C)c(NC(=O)CSc2ccccc2Cl)cc1OC. The van der Waals surface area contributed by atoms with Gasteiger partial charge in [-0.15, -0.1) is 11.8 Å². The van der Waals surface area contributed by atoms with Crippen LogP contribution in [0.5, 0.6) is 11.5 Å². The van der Waals surface area contributed by atoms with Crippen molar-refractivity contribution < 1.29 is 14.3 Å². The summed E-state index contributed by atoms with van der Waals surface area (Å²) >= 11 is 7.48. The van der Waals surface area contributed by atoms with Gasteiger partial charge in [-0.2, -0.15) is 0 Å². The fraction of sp³-hybridized carbons (Fsp3) is 0.235. The quantitative estimate of drug-likeness (QED) is 0.784. The lowest BCUT2D eigenvalue weighted by molar-refractivity contribution is -0.113. The zero-order valence-electron chi connectivity index (χ0n) is 13.2. The number of hydrogen-bond donors (Lipinski definition) is 1. The lowest BCUT2D eigenvalue weighted by Crippen LogP contribution is -2.15. The van der Waals surface area contributed by atoms with Crippen LogP contribution in [0, 0.1) is 6.92 Å². The van der Waals surface area contributed by atoms with Gasteiger partial charge in [0.25, 0.3) is 0 Å². The highest BCUT2D eigenvalue weighted by Gasteiger charge is 2.11. The van der Waals surface area contributed by atoms with Gasteiger partial charge in [-0.05, 0) is 30.7 Å². The molecule has 0 fully saturated rings. The predicted octanol–water partition coefficient (Wildman–Crippen LogP) is 4.40. The number of thioether (sulfide) groups is 1. The van der Waals surface area contributed by atoms with Crippen molar-refractivity contribution in [3.8, 4) is 11.5 Å². The first-order valence-corrected chi connectivity index (χ1v) is 8.31. The molecule has 0 atom stereocenters. The molecule has 0 aliphatic heterocycles. The summed E-state index contributed by atoms with van der Waals surface area (Å²) in [4.78, 5) is 13.0. The van der Waals surface area contributed by atoms with E-state index in [4.69, 9.17) is 21.1 Å². The van der Waals surface area contributed by atoms with E-state index in [1.54, 1.807) is 26.4 Å². The van der Waals surface area contributed by atoms with Crippen molar-refractivity contribution in [2.24, 2.45) is 0 Å². The largest absolute Gasteiger partial charge is 0.493 e. The number of methoxy groups -OCH3 is 2. The van der Waals surface area contributed by atoms with Gasteiger partial charge in [0.15, 0.2) is 11.5 Å². The summed E-state index contributed by atoms with van der Waals surface area (Å²) in [6, 6.07) is 11.0. The van der Waals surface area contributed by atoms with Crippen LogP contribution in [0.25, 0.3) is 0 Å². The van der Waals surface area contributed by atoms with Gasteiger partial charge in [0.2, 0.25) is 5.91 Å². The smallest absolute Gasteiger partial charge is 0.234 e. The van der Waals surface area contributed by atoms with E-state index in [2.05, 4.69) is 5.32 Å². The number of amides is 1. The van der Waals surface area contributed by atoms with Gasteiger partial charge in [0.1, 0.15) is 0 Å². The number of ether oxygens (including phenoxy) is 2. The number of carbonyl (C=O) groups excluding carboxylic acids is 1. The number of aryl methyl sites for hydroxylation is 1. The van der Waals surface area contributed by atoms with Crippen molar-refractivity contribution >= 4 is 35.0 Å². The summed E-state index contributed by atoms with van der Waals surface area (Å²) in [5, 5.41) is 3.53. The Morgan fingerprint density at radius 3 is 2.48 bits per heavy atom. The molecule has 6 heteroatoms. The number of hydrogen-bond acceptors (Lipinski definition) is 4. The van der Waals surface area contributed by atoms with Gasteiger partial charge < -0.3 is 14.8 Å². The molecule has 1 N–H and O–H groups in total. The summed E-state index contributed by atoms with van der Waals surface area (Å²) in [6.45, 7) is 1.90. The molecule has 0 radical (unpaired) electrons. The van der Waals surface area contributed by atoms with Gasteiger partial charge in [0, 0.05) is 16.6 Å². The van der Waals surface area contributed by atoms with E-state index in [0.717, 1.165) is 10.5 Å². The number of carbonyl (C=O) groups is 1. The van der Waals surface area contributed by atoms with Gasteiger partial charge in [-0.3, -0.25) is 4.79 Å². The van der Waals surface area contributed by atoms with Crippen molar-refractivity contribution in [3.63, 3.8) is 0 Å². The lowest BCUT2D eigenvalue weighted by Gasteiger charge is -2.13. The minimum Gasteiger partial charge on any atom is -0.493 e. The van der Waals surface area contributed by atoms with Crippen LogP contribution in [0.2, 0.25) is 5.02 Å². The minimum absolute atomic E-state index is 0.106. The van der Waals surface area contributed by atoms with Crippen LogP contribution in [0.4, 0.5) is 5.69 Å². The van der Waals surface area contributed by atoms with E-state index in [1.165, 1.54) is 11.8 Å². The van der Waals surface area contributed by atoms with Crippen LogP contribution >= 0.6 is 23.4 Å². The summed E-state index contributed by atoms with van der Waals surface area (Å²) in [6.07, 6.45) is 0. The van der Waals surface area contributed by atoms with Crippen LogP contribution in [-0.2, 0) is 4.79 Å². The third-order valence-electron chi connectivity index (χ3n) is 3.20. The molecule has 0 aliphatic carbocycles. The Balaban J connectivity index is 2.04. The summed E-state index contributed by atoms with van der Waals surface area (Å²) in [7, 11) is 3.14. The van der Waals surface area contributed by atoms with Crippen molar-refractivity contribution in [1.29, 1.82) is 0 Å². The first kappa shape index (κ1) is 17.5. The lowest BCUT2D eigenvalue weighted by atomic mass is 10.1. The van der Waals surface area contributed by atoms with Crippen LogP contribution in [0.15, 0.2) is 41.3 Å². The van der Waals surface area contributed by atoms with E-state index in [0.29, 0.717) is 22.2 Å². The van der Waals surface area contributed by atoms with E-state index in [-0.39, 0.29) is 11.7 Å². The fourth-order valence-corrected chi connectivity index (χ4v) is 3.05. The molecule has 0 saturated heterocycles. The zero-order valence-corrected chi connectivity index (χ0v) is 14.8. The summed E-state index contributed by atoms with van der Waals surface area (Å²) < 4.78 is 10.5.